The van der Waals surface area contributed by atoms with Crippen molar-refractivity contribution in [1.82, 2.24) is 0 Å². The molecule has 0 aliphatic heterocycles. The summed E-state index contributed by atoms with van der Waals surface area (Å²) < 4.78 is 12.7. The third kappa shape index (κ3) is 1.46. The summed E-state index contributed by atoms with van der Waals surface area (Å²) in [6.07, 6.45) is 0. The average Bonchev–Trinajstić information content (AvgIpc) is 1.94. The summed E-state index contributed by atoms with van der Waals surface area (Å²) >= 11 is 0. The monoisotopic (exact) mass is 149 g/mol. The van der Waals surface area contributed by atoms with Gasteiger partial charge in [-0.15, -0.1) is 5.54 Å². The number of benzene rings is 1. The van der Waals surface area contributed by atoms with Crippen LogP contribution in [0.5, 0.6) is 0 Å². The first-order chi connectivity index (χ1) is 4.84. The van der Waals surface area contributed by atoms with E-state index in [1.807, 2.05) is 0 Å². The van der Waals surface area contributed by atoms with Gasteiger partial charge in [0.25, 0.3) is 0 Å². The number of rotatable bonds is 0. The molecule has 0 spiro atoms. The van der Waals surface area contributed by atoms with Gasteiger partial charge in [0.2, 0.25) is 0 Å². The molecule has 0 nitrogen and oxygen atoms in total. The minimum absolute atomic E-state index is 0.248. The Kier molecular flexibility index (Phi) is 2.24. The maximum atomic E-state index is 12.7. The molecule has 0 saturated heterocycles. The number of halogens is 1. The van der Waals surface area contributed by atoms with Gasteiger partial charge in [0.15, 0.2) is 0 Å². The highest BCUT2D eigenvalue weighted by atomic mass is 28.1. The van der Waals surface area contributed by atoms with Gasteiger partial charge in [0, 0.05) is 0 Å². The van der Waals surface area contributed by atoms with Gasteiger partial charge < -0.3 is 0 Å². The zero-order valence-corrected chi connectivity index (χ0v) is 6.81. The first-order valence-corrected chi connectivity index (χ1v) is 3.58. The molecule has 1 rings (SSSR count). The average molecular weight is 149 g/mol. The molecule has 2 heteroatoms. The standard InChI is InChI=1S/C8H6FSi/c9-8-4-2-1-3-7(8)5-6-10/h1-4H,10H2. The predicted octanol–water partition coefficient (Wildman–Crippen LogP) is 0.768. The topological polar surface area (TPSA) is 0 Å². The molecular formula is C8H6FSi. The maximum absolute atomic E-state index is 12.7. The van der Waals surface area contributed by atoms with E-state index in [1.54, 1.807) is 18.2 Å². The second-order valence-electron chi connectivity index (χ2n) is 1.78. The Hall–Kier alpha value is -1.07. The Morgan fingerprint density at radius 3 is 2.60 bits per heavy atom. The van der Waals surface area contributed by atoms with E-state index in [-0.39, 0.29) is 5.82 Å². The Bertz CT molecular complexity index is 283. The SMILES string of the molecule is Fc1ccccc1C#C[SiH2]. The molecule has 1 radical (unpaired) electrons. The summed E-state index contributed by atoms with van der Waals surface area (Å²) in [5.41, 5.74) is 3.13. The largest absolute Gasteiger partial charge is 0.206 e. The number of hydrogen-bond acceptors (Lipinski definition) is 0. The molecule has 0 aromatic heterocycles. The van der Waals surface area contributed by atoms with Crippen molar-refractivity contribution in [3.8, 4) is 11.5 Å². The van der Waals surface area contributed by atoms with Crippen molar-refractivity contribution in [2.45, 2.75) is 0 Å². The van der Waals surface area contributed by atoms with Gasteiger partial charge in [0.1, 0.15) is 16.1 Å². The quantitative estimate of drug-likeness (QED) is 0.377. The van der Waals surface area contributed by atoms with Crippen LogP contribution in [0, 0.1) is 17.3 Å². The van der Waals surface area contributed by atoms with Crippen molar-refractivity contribution in [1.29, 1.82) is 0 Å². The van der Waals surface area contributed by atoms with E-state index < -0.39 is 0 Å². The molecule has 10 heavy (non-hydrogen) atoms. The third-order valence-electron chi connectivity index (χ3n) is 1.10. The second kappa shape index (κ2) is 3.19. The van der Waals surface area contributed by atoms with Crippen LogP contribution in [0.25, 0.3) is 0 Å². The molecule has 0 atom stereocenters. The summed E-state index contributed by atoms with van der Waals surface area (Å²) in [4.78, 5) is 0. The minimum Gasteiger partial charge on any atom is -0.206 e. The van der Waals surface area contributed by atoms with E-state index in [4.69, 9.17) is 0 Å². The van der Waals surface area contributed by atoms with E-state index in [1.165, 1.54) is 16.3 Å². The molecule has 0 aliphatic rings. The first-order valence-electron chi connectivity index (χ1n) is 2.87. The summed E-state index contributed by atoms with van der Waals surface area (Å²) in [6, 6.07) is 6.49. The van der Waals surface area contributed by atoms with Crippen molar-refractivity contribution in [2.75, 3.05) is 0 Å². The van der Waals surface area contributed by atoms with Gasteiger partial charge in [-0.1, -0.05) is 18.1 Å². The summed E-state index contributed by atoms with van der Waals surface area (Å²) in [6.45, 7) is 0. The lowest BCUT2D eigenvalue weighted by molar-refractivity contribution is 0.624. The fourth-order valence-corrected chi connectivity index (χ4v) is 0.848. The van der Waals surface area contributed by atoms with Gasteiger partial charge in [-0.05, 0) is 12.1 Å². The Morgan fingerprint density at radius 1 is 1.30 bits per heavy atom. The molecule has 0 fully saturated rings. The lowest BCUT2D eigenvalue weighted by atomic mass is 10.2. The normalized spacial score (nSPS) is 8.20. The van der Waals surface area contributed by atoms with Gasteiger partial charge in [-0.25, -0.2) is 4.39 Å². The molecule has 0 aliphatic carbocycles. The Balaban J connectivity index is 3.11. The van der Waals surface area contributed by atoms with Gasteiger partial charge >= 0.3 is 0 Å². The first kappa shape index (κ1) is 7.04. The van der Waals surface area contributed by atoms with E-state index >= 15 is 0 Å². The molecule has 0 N–H and O–H groups in total. The zero-order valence-electron chi connectivity index (χ0n) is 5.39. The van der Waals surface area contributed by atoms with Crippen LogP contribution in [-0.2, 0) is 0 Å². The van der Waals surface area contributed by atoms with E-state index in [0.717, 1.165) is 0 Å². The van der Waals surface area contributed by atoms with E-state index in [0.29, 0.717) is 5.56 Å². The molecular weight excluding hydrogens is 143 g/mol. The van der Waals surface area contributed by atoms with Gasteiger partial charge in [-0.3, -0.25) is 0 Å². The highest BCUT2D eigenvalue weighted by Crippen LogP contribution is 2.02. The van der Waals surface area contributed by atoms with Gasteiger partial charge in [-0.2, -0.15) is 0 Å². The molecule has 1 aromatic rings. The highest BCUT2D eigenvalue weighted by molar-refractivity contribution is 6.22. The lowest BCUT2D eigenvalue weighted by Gasteiger charge is -1.89. The molecule has 0 heterocycles. The van der Waals surface area contributed by atoms with Crippen LogP contribution in [0.2, 0.25) is 0 Å². The molecule has 0 saturated carbocycles. The van der Waals surface area contributed by atoms with Crippen molar-refractivity contribution in [3.63, 3.8) is 0 Å². The molecule has 1 aromatic carbocycles. The molecule has 0 bridgehead atoms. The Morgan fingerprint density at radius 2 is 2.00 bits per heavy atom. The number of hydrogen-bond donors (Lipinski definition) is 0. The molecule has 0 amide bonds. The van der Waals surface area contributed by atoms with E-state index in [2.05, 4.69) is 11.5 Å². The fraction of sp³-hybridized carbons (Fsp3) is 0. The van der Waals surface area contributed by atoms with Crippen LogP contribution < -0.4 is 0 Å². The van der Waals surface area contributed by atoms with Crippen molar-refractivity contribution in [2.24, 2.45) is 0 Å². The second-order valence-corrected chi connectivity index (χ2v) is 2.14. The summed E-state index contributed by atoms with van der Waals surface area (Å²) in [5, 5.41) is 0. The lowest BCUT2D eigenvalue weighted by Crippen LogP contribution is -1.80. The zero-order chi connectivity index (χ0) is 7.40. The van der Waals surface area contributed by atoms with E-state index in [9.17, 15) is 4.39 Å². The van der Waals surface area contributed by atoms with Crippen LogP contribution >= 0.6 is 0 Å². The van der Waals surface area contributed by atoms with Crippen LogP contribution in [0.3, 0.4) is 0 Å². The van der Waals surface area contributed by atoms with Gasteiger partial charge in [0.05, 0.1) is 5.56 Å². The molecule has 0 unspecified atom stereocenters. The van der Waals surface area contributed by atoms with Crippen LogP contribution in [0.1, 0.15) is 5.56 Å². The third-order valence-corrected chi connectivity index (χ3v) is 1.27. The molecule has 49 valence electrons. The Labute approximate surface area is 62.5 Å². The smallest absolute Gasteiger partial charge is 0.138 e. The highest BCUT2D eigenvalue weighted by Gasteiger charge is 1.92. The van der Waals surface area contributed by atoms with Crippen molar-refractivity contribution in [3.05, 3.63) is 35.6 Å². The predicted molar refractivity (Wildman–Crippen MR) is 41.8 cm³/mol. The van der Waals surface area contributed by atoms with Crippen molar-refractivity contribution >= 4 is 10.2 Å². The minimum atomic E-state index is -0.248. The maximum Gasteiger partial charge on any atom is 0.138 e. The van der Waals surface area contributed by atoms with Crippen LogP contribution in [-0.4, -0.2) is 10.2 Å². The van der Waals surface area contributed by atoms with Crippen LogP contribution in [0.15, 0.2) is 24.3 Å². The van der Waals surface area contributed by atoms with Crippen LogP contribution in [0.4, 0.5) is 4.39 Å². The van der Waals surface area contributed by atoms with Crippen molar-refractivity contribution < 1.29 is 4.39 Å². The fourth-order valence-electron chi connectivity index (χ4n) is 0.658. The summed E-state index contributed by atoms with van der Waals surface area (Å²) in [7, 11) is 1.51. The summed E-state index contributed by atoms with van der Waals surface area (Å²) in [5.74, 6) is 2.41.